The largest absolute Gasteiger partial charge is 0.465 e. The molecule has 0 radical (unpaired) electrons. The van der Waals surface area contributed by atoms with E-state index >= 15 is 0 Å². The lowest BCUT2D eigenvalue weighted by Gasteiger charge is -2.11. The van der Waals surface area contributed by atoms with E-state index in [4.69, 9.17) is 17.3 Å². The Morgan fingerprint density at radius 1 is 1.67 bits per heavy atom. The molecule has 3 nitrogen and oxygen atoms in total. The molecular formula is C10H11ClFNO2. The number of esters is 1. The fourth-order valence-corrected chi connectivity index (χ4v) is 1.27. The molecule has 0 aromatic heterocycles. The van der Waals surface area contributed by atoms with Gasteiger partial charge in [0.15, 0.2) is 0 Å². The molecule has 0 aliphatic heterocycles. The molecule has 0 aliphatic rings. The molecule has 2 N–H and O–H groups in total. The summed E-state index contributed by atoms with van der Waals surface area (Å²) in [5.74, 6) is -1.26. The second kappa shape index (κ2) is 5.09. The fourth-order valence-electron chi connectivity index (χ4n) is 1.11. The SMILES string of the molecule is CCOC(=O)C(N)c1ccc(Cl)cc1F. The summed E-state index contributed by atoms with van der Waals surface area (Å²) in [6.07, 6.45) is 0. The average molecular weight is 232 g/mol. The molecule has 1 rings (SSSR count). The van der Waals surface area contributed by atoms with E-state index in [-0.39, 0.29) is 17.2 Å². The zero-order chi connectivity index (χ0) is 11.4. The van der Waals surface area contributed by atoms with Gasteiger partial charge in [-0.2, -0.15) is 0 Å². The third kappa shape index (κ3) is 2.91. The number of halogens is 2. The van der Waals surface area contributed by atoms with Crippen molar-refractivity contribution in [3.05, 3.63) is 34.6 Å². The Hall–Kier alpha value is -1.13. The van der Waals surface area contributed by atoms with Gasteiger partial charge in [-0.25, -0.2) is 9.18 Å². The van der Waals surface area contributed by atoms with Crippen LogP contribution in [0.1, 0.15) is 18.5 Å². The fraction of sp³-hybridized carbons (Fsp3) is 0.300. The summed E-state index contributed by atoms with van der Waals surface area (Å²) in [6.45, 7) is 1.87. The second-order valence-electron chi connectivity index (χ2n) is 2.90. The lowest BCUT2D eigenvalue weighted by atomic mass is 10.1. The first kappa shape index (κ1) is 11.9. The molecule has 1 aromatic carbocycles. The molecule has 1 aromatic rings. The minimum Gasteiger partial charge on any atom is -0.465 e. The predicted octanol–water partition coefficient (Wildman–Crippen LogP) is 2.04. The van der Waals surface area contributed by atoms with Crippen LogP contribution in [-0.2, 0) is 9.53 Å². The van der Waals surface area contributed by atoms with E-state index in [0.717, 1.165) is 6.07 Å². The zero-order valence-electron chi connectivity index (χ0n) is 8.17. The first-order chi connectivity index (χ1) is 7.06. The van der Waals surface area contributed by atoms with Gasteiger partial charge in [0.05, 0.1) is 6.61 Å². The minimum atomic E-state index is -1.11. The van der Waals surface area contributed by atoms with Gasteiger partial charge in [0.1, 0.15) is 11.9 Å². The van der Waals surface area contributed by atoms with Crippen LogP contribution >= 0.6 is 11.6 Å². The van der Waals surface area contributed by atoms with E-state index in [0.29, 0.717) is 0 Å². The third-order valence-corrected chi connectivity index (χ3v) is 2.07. The molecule has 0 spiro atoms. The van der Waals surface area contributed by atoms with Crippen LogP contribution in [0.5, 0.6) is 0 Å². The van der Waals surface area contributed by atoms with Gasteiger partial charge >= 0.3 is 5.97 Å². The minimum absolute atomic E-state index is 0.0813. The van der Waals surface area contributed by atoms with Crippen molar-refractivity contribution in [3.63, 3.8) is 0 Å². The highest BCUT2D eigenvalue weighted by Gasteiger charge is 2.20. The summed E-state index contributed by atoms with van der Waals surface area (Å²) in [5, 5.41) is 0.257. The van der Waals surface area contributed by atoms with Gasteiger partial charge in [-0.1, -0.05) is 17.7 Å². The first-order valence-electron chi connectivity index (χ1n) is 4.43. The molecule has 0 fully saturated rings. The number of ether oxygens (including phenoxy) is 1. The van der Waals surface area contributed by atoms with Gasteiger partial charge in [-0.05, 0) is 19.1 Å². The summed E-state index contributed by atoms with van der Waals surface area (Å²) in [4.78, 5) is 11.2. The zero-order valence-corrected chi connectivity index (χ0v) is 8.92. The van der Waals surface area contributed by atoms with Gasteiger partial charge in [-0.3, -0.25) is 0 Å². The van der Waals surface area contributed by atoms with Crippen LogP contribution in [0.4, 0.5) is 4.39 Å². The highest BCUT2D eigenvalue weighted by molar-refractivity contribution is 6.30. The molecule has 5 heteroatoms. The van der Waals surface area contributed by atoms with E-state index < -0.39 is 17.8 Å². The second-order valence-corrected chi connectivity index (χ2v) is 3.33. The Morgan fingerprint density at radius 2 is 2.33 bits per heavy atom. The Kier molecular flexibility index (Phi) is 4.05. The standard InChI is InChI=1S/C10H11ClFNO2/c1-2-15-10(14)9(13)7-4-3-6(11)5-8(7)12/h3-5,9H,2,13H2,1H3. The number of carbonyl (C=O) groups is 1. The quantitative estimate of drug-likeness (QED) is 0.810. The van der Waals surface area contributed by atoms with Crippen LogP contribution in [0.15, 0.2) is 18.2 Å². The van der Waals surface area contributed by atoms with Crippen molar-refractivity contribution in [2.75, 3.05) is 6.61 Å². The van der Waals surface area contributed by atoms with Crippen LogP contribution in [-0.4, -0.2) is 12.6 Å². The van der Waals surface area contributed by atoms with Crippen molar-refractivity contribution >= 4 is 17.6 Å². The van der Waals surface area contributed by atoms with Crippen molar-refractivity contribution in [1.82, 2.24) is 0 Å². The highest BCUT2D eigenvalue weighted by atomic mass is 35.5. The molecule has 0 amide bonds. The molecule has 0 saturated heterocycles. The van der Waals surface area contributed by atoms with E-state index in [9.17, 15) is 9.18 Å². The Labute approximate surface area is 92.0 Å². The highest BCUT2D eigenvalue weighted by Crippen LogP contribution is 2.20. The third-order valence-electron chi connectivity index (χ3n) is 1.84. The summed E-state index contributed by atoms with van der Waals surface area (Å²) in [7, 11) is 0. The molecule has 15 heavy (non-hydrogen) atoms. The lowest BCUT2D eigenvalue weighted by molar-refractivity contribution is -0.144. The number of benzene rings is 1. The molecule has 0 aliphatic carbocycles. The molecule has 1 atom stereocenters. The monoisotopic (exact) mass is 231 g/mol. The smallest absolute Gasteiger partial charge is 0.327 e. The van der Waals surface area contributed by atoms with Crippen molar-refractivity contribution in [1.29, 1.82) is 0 Å². The normalized spacial score (nSPS) is 12.3. The maximum Gasteiger partial charge on any atom is 0.327 e. The average Bonchev–Trinajstić information content (AvgIpc) is 2.17. The maximum absolute atomic E-state index is 13.3. The maximum atomic E-state index is 13.3. The van der Waals surface area contributed by atoms with Gasteiger partial charge in [0.2, 0.25) is 0 Å². The van der Waals surface area contributed by atoms with Crippen LogP contribution in [0.25, 0.3) is 0 Å². The number of hydrogen-bond donors (Lipinski definition) is 1. The van der Waals surface area contributed by atoms with Crippen LogP contribution in [0.2, 0.25) is 5.02 Å². The van der Waals surface area contributed by atoms with E-state index in [1.54, 1.807) is 6.92 Å². The molecular weight excluding hydrogens is 221 g/mol. The van der Waals surface area contributed by atoms with Gasteiger partial charge in [0.25, 0.3) is 0 Å². The Morgan fingerprint density at radius 3 is 2.87 bits per heavy atom. The van der Waals surface area contributed by atoms with Gasteiger partial charge in [0, 0.05) is 10.6 Å². The molecule has 1 unspecified atom stereocenters. The summed E-state index contributed by atoms with van der Waals surface area (Å²) < 4.78 is 18.0. The summed E-state index contributed by atoms with van der Waals surface area (Å²) in [6, 6.07) is 2.84. The van der Waals surface area contributed by atoms with Gasteiger partial charge < -0.3 is 10.5 Å². The van der Waals surface area contributed by atoms with E-state index in [1.807, 2.05) is 0 Å². The van der Waals surface area contributed by atoms with E-state index in [1.165, 1.54) is 12.1 Å². The Balaban J connectivity index is 2.91. The number of nitrogens with two attached hydrogens (primary N) is 1. The van der Waals surface area contributed by atoms with Crippen molar-refractivity contribution in [3.8, 4) is 0 Å². The van der Waals surface area contributed by atoms with Crippen LogP contribution < -0.4 is 5.73 Å². The van der Waals surface area contributed by atoms with E-state index in [2.05, 4.69) is 4.74 Å². The van der Waals surface area contributed by atoms with Crippen molar-refractivity contribution in [2.45, 2.75) is 13.0 Å². The van der Waals surface area contributed by atoms with Crippen LogP contribution in [0, 0.1) is 5.82 Å². The lowest BCUT2D eigenvalue weighted by Crippen LogP contribution is -2.24. The summed E-state index contributed by atoms with van der Waals surface area (Å²) in [5.41, 5.74) is 5.60. The predicted molar refractivity (Wildman–Crippen MR) is 55.0 cm³/mol. The van der Waals surface area contributed by atoms with Crippen LogP contribution in [0.3, 0.4) is 0 Å². The number of hydrogen-bond acceptors (Lipinski definition) is 3. The molecule has 0 bridgehead atoms. The number of carbonyl (C=O) groups excluding carboxylic acids is 1. The number of rotatable bonds is 3. The first-order valence-corrected chi connectivity index (χ1v) is 4.81. The van der Waals surface area contributed by atoms with Gasteiger partial charge in [-0.15, -0.1) is 0 Å². The molecule has 0 saturated carbocycles. The van der Waals surface area contributed by atoms with Crippen molar-refractivity contribution < 1.29 is 13.9 Å². The molecule has 82 valence electrons. The van der Waals surface area contributed by atoms with Crippen molar-refractivity contribution in [2.24, 2.45) is 5.73 Å². The Bertz CT molecular complexity index is 370. The topological polar surface area (TPSA) is 52.3 Å². The summed E-state index contributed by atoms with van der Waals surface area (Å²) >= 11 is 5.57. The molecule has 0 heterocycles.